The molecule has 0 bridgehead atoms. The van der Waals surface area contributed by atoms with E-state index in [1.165, 1.54) is 0 Å². The van der Waals surface area contributed by atoms with Crippen LogP contribution in [-0.4, -0.2) is 38.1 Å². The number of rotatable bonds is 6. The maximum atomic E-state index is 11.9. The van der Waals surface area contributed by atoms with E-state index in [9.17, 15) is 4.79 Å². The van der Waals surface area contributed by atoms with Crippen LogP contribution in [-0.2, 0) is 11.3 Å². The molecule has 4 heteroatoms. The molecule has 2 aromatic rings. The molecule has 2 rings (SSSR count). The largest absolute Gasteiger partial charge is 0.375 e. The van der Waals surface area contributed by atoms with Gasteiger partial charge in [0.15, 0.2) is 0 Å². The molecule has 22 heavy (non-hydrogen) atoms. The summed E-state index contributed by atoms with van der Waals surface area (Å²) in [7, 11) is 3.50. The van der Waals surface area contributed by atoms with Gasteiger partial charge < -0.3 is 15.4 Å². The van der Waals surface area contributed by atoms with Crippen molar-refractivity contribution >= 4 is 5.91 Å². The maximum absolute atomic E-state index is 11.9. The zero-order valence-corrected chi connectivity index (χ0v) is 13.1. The van der Waals surface area contributed by atoms with Crippen LogP contribution in [0.2, 0.25) is 0 Å². The van der Waals surface area contributed by atoms with Gasteiger partial charge in [-0.05, 0) is 28.8 Å². The van der Waals surface area contributed by atoms with Crippen molar-refractivity contribution in [2.24, 2.45) is 5.73 Å². The van der Waals surface area contributed by atoms with E-state index in [-0.39, 0.29) is 5.91 Å². The highest BCUT2D eigenvalue weighted by Gasteiger charge is 2.07. The molecule has 4 nitrogen and oxygen atoms in total. The molecule has 0 unspecified atom stereocenters. The molecule has 0 heterocycles. The number of carbonyl (C=O) groups excluding carboxylic acids is 1. The summed E-state index contributed by atoms with van der Waals surface area (Å²) in [5.74, 6) is 0.0129. The summed E-state index contributed by atoms with van der Waals surface area (Å²) in [6, 6.07) is 15.9. The summed E-state index contributed by atoms with van der Waals surface area (Å²) in [5.41, 5.74) is 9.41. The third-order valence-electron chi connectivity index (χ3n) is 3.36. The average molecular weight is 298 g/mol. The second-order valence-electron chi connectivity index (χ2n) is 5.32. The van der Waals surface area contributed by atoms with Gasteiger partial charge in [-0.1, -0.05) is 36.4 Å². The van der Waals surface area contributed by atoms with Crippen LogP contribution in [0.3, 0.4) is 0 Å². The van der Waals surface area contributed by atoms with Crippen LogP contribution < -0.4 is 5.73 Å². The maximum Gasteiger partial charge on any atom is 0.253 e. The monoisotopic (exact) mass is 298 g/mol. The van der Waals surface area contributed by atoms with Gasteiger partial charge in [-0.2, -0.15) is 0 Å². The molecular formula is C18H22N2O2. The Kier molecular flexibility index (Phi) is 5.69. The zero-order valence-electron chi connectivity index (χ0n) is 13.1. The van der Waals surface area contributed by atoms with Gasteiger partial charge in [0.2, 0.25) is 0 Å². The van der Waals surface area contributed by atoms with Crippen molar-refractivity contribution in [2.45, 2.75) is 6.61 Å². The molecular weight excluding hydrogens is 276 g/mol. The quantitative estimate of drug-likeness (QED) is 0.834. The predicted molar refractivity (Wildman–Crippen MR) is 88.6 cm³/mol. The molecule has 0 radical (unpaired) electrons. The van der Waals surface area contributed by atoms with Gasteiger partial charge >= 0.3 is 0 Å². The molecule has 1 amide bonds. The lowest BCUT2D eigenvalue weighted by atomic mass is 10.0. The van der Waals surface area contributed by atoms with E-state index in [0.29, 0.717) is 25.3 Å². The van der Waals surface area contributed by atoms with Crippen molar-refractivity contribution in [1.29, 1.82) is 0 Å². The standard InChI is InChI=1S/C18H22N2O2/c1-20(2)18(21)17-9-7-16(8-10-17)15-5-3-14(4-6-15)13-22-12-11-19/h3-10H,11-13,19H2,1-2H3. The number of benzene rings is 2. The molecule has 0 aromatic heterocycles. The summed E-state index contributed by atoms with van der Waals surface area (Å²) in [4.78, 5) is 13.4. The normalized spacial score (nSPS) is 10.5. The molecule has 0 atom stereocenters. The first-order chi connectivity index (χ1) is 10.6. The molecule has 0 aliphatic heterocycles. The zero-order chi connectivity index (χ0) is 15.9. The first-order valence-electron chi connectivity index (χ1n) is 7.30. The number of nitrogens with zero attached hydrogens (tertiary/aromatic N) is 1. The molecule has 2 N–H and O–H groups in total. The lowest BCUT2D eigenvalue weighted by Crippen LogP contribution is -2.21. The van der Waals surface area contributed by atoms with Crippen LogP contribution in [0.1, 0.15) is 15.9 Å². The van der Waals surface area contributed by atoms with E-state index in [0.717, 1.165) is 16.7 Å². The van der Waals surface area contributed by atoms with Crippen molar-refractivity contribution in [1.82, 2.24) is 4.90 Å². The van der Waals surface area contributed by atoms with E-state index in [1.54, 1.807) is 19.0 Å². The summed E-state index contributed by atoms with van der Waals surface area (Å²) < 4.78 is 5.41. The Morgan fingerprint density at radius 3 is 2.05 bits per heavy atom. The second-order valence-corrected chi connectivity index (χ2v) is 5.32. The summed E-state index contributed by atoms with van der Waals surface area (Å²) in [6.45, 7) is 1.69. The second kappa shape index (κ2) is 7.73. The highest BCUT2D eigenvalue weighted by molar-refractivity contribution is 5.94. The van der Waals surface area contributed by atoms with E-state index >= 15 is 0 Å². The topological polar surface area (TPSA) is 55.6 Å². The Balaban J connectivity index is 2.07. The smallest absolute Gasteiger partial charge is 0.253 e. The lowest BCUT2D eigenvalue weighted by Gasteiger charge is -2.11. The minimum Gasteiger partial charge on any atom is -0.375 e. The Morgan fingerprint density at radius 2 is 1.55 bits per heavy atom. The first kappa shape index (κ1) is 16.2. The number of carbonyl (C=O) groups is 1. The predicted octanol–water partition coefficient (Wildman–Crippen LogP) is 2.53. The van der Waals surface area contributed by atoms with Gasteiger partial charge in [-0.15, -0.1) is 0 Å². The molecule has 0 aliphatic rings. The number of hydrogen-bond donors (Lipinski definition) is 1. The van der Waals surface area contributed by atoms with E-state index in [1.807, 2.05) is 36.4 Å². The first-order valence-corrected chi connectivity index (χ1v) is 7.30. The molecule has 0 saturated heterocycles. The van der Waals surface area contributed by atoms with Gasteiger partial charge in [-0.3, -0.25) is 4.79 Å². The molecule has 116 valence electrons. The van der Waals surface area contributed by atoms with Crippen LogP contribution >= 0.6 is 0 Å². The number of amides is 1. The molecule has 2 aromatic carbocycles. The van der Waals surface area contributed by atoms with Crippen molar-refractivity contribution < 1.29 is 9.53 Å². The molecule has 0 fully saturated rings. The highest BCUT2D eigenvalue weighted by Crippen LogP contribution is 2.21. The number of ether oxygens (including phenoxy) is 1. The third-order valence-corrected chi connectivity index (χ3v) is 3.36. The van der Waals surface area contributed by atoms with Gasteiger partial charge in [0.05, 0.1) is 13.2 Å². The Hall–Kier alpha value is -2.17. The van der Waals surface area contributed by atoms with E-state index < -0.39 is 0 Å². The Labute approximate surface area is 131 Å². The van der Waals surface area contributed by atoms with Gasteiger partial charge in [-0.25, -0.2) is 0 Å². The summed E-state index contributed by atoms with van der Waals surface area (Å²) >= 11 is 0. The summed E-state index contributed by atoms with van der Waals surface area (Å²) in [5, 5.41) is 0. The van der Waals surface area contributed by atoms with Crippen molar-refractivity contribution in [3.05, 3.63) is 59.7 Å². The van der Waals surface area contributed by atoms with Gasteiger partial charge in [0.25, 0.3) is 5.91 Å². The van der Waals surface area contributed by atoms with Crippen molar-refractivity contribution in [3.8, 4) is 11.1 Å². The van der Waals surface area contributed by atoms with Crippen LogP contribution in [0.5, 0.6) is 0 Å². The Morgan fingerprint density at radius 1 is 1.00 bits per heavy atom. The van der Waals surface area contributed by atoms with Gasteiger partial charge in [0.1, 0.15) is 0 Å². The molecule has 0 saturated carbocycles. The van der Waals surface area contributed by atoms with Crippen LogP contribution in [0.4, 0.5) is 0 Å². The fourth-order valence-corrected chi connectivity index (χ4v) is 2.13. The average Bonchev–Trinajstić information content (AvgIpc) is 2.55. The third kappa shape index (κ3) is 4.16. The summed E-state index contributed by atoms with van der Waals surface area (Å²) in [6.07, 6.45) is 0. The van der Waals surface area contributed by atoms with Crippen LogP contribution in [0, 0.1) is 0 Å². The Bertz CT molecular complexity index is 604. The fourth-order valence-electron chi connectivity index (χ4n) is 2.13. The minimum absolute atomic E-state index is 0.0129. The van der Waals surface area contributed by atoms with E-state index in [4.69, 9.17) is 10.5 Å². The fraction of sp³-hybridized carbons (Fsp3) is 0.278. The number of hydrogen-bond acceptors (Lipinski definition) is 3. The van der Waals surface area contributed by atoms with E-state index in [2.05, 4.69) is 12.1 Å². The number of nitrogens with two attached hydrogens (primary N) is 1. The van der Waals surface area contributed by atoms with Crippen LogP contribution in [0.15, 0.2) is 48.5 Å². The molecule has 0 aliphatic carbocycles. The SMILES string of the molecule is CN(C)C(=O)c1ccc(-c2ccc(COCCN)cc2)cc1. The minimum atomic E-state index is 0.0129. The van der Waals surface area contributed by atoms with Crippen molar-refractivity contribution in [2.75, 3.05) is 27.2 Å². The van der Waals surface area contributed by atoms with Crippen molar-refractivity contribution in [3.63, 3.8) is 0 Å². The highest BCUT2D eigenvalue weighted by atomic mass is 16.5. The molecule has 0 spiro atoms. The van der Waals surface area contributed by atoms with Gasteiger partial charge in [0, 0.05) is 26.2 Å². The van der Waals surface area contributed by atoms with Crippen LogP contribution in [0.25, 0.3) is 11.1 Å². The lowest BCUT2D eigenvalue weighted by molar-refractivity contribution is 0.0827.